The van der Waals surface area contributed by atoms with E-state index in [1.165, 1.54) is 6.42 Å². The molecule has 1 aliphatic heterocycles. The molecule has 0 saturated carbocycles. The van der Waals surface area contributed by atoms with Crippen molar-refractivity contribution in [2.75, 3.05) is 46.4 Å². The third-order valence-electron chi connectivity index (χ3n) is 4.78. The van der Waals surface area contributed by atoms with E-state index in [9.17, 15) is 0 Å². The van der Waals surface area contributed by atoms with Gasteiger partial charge in [-0.1, -0.05) is 34.6 Å². The lowest BCUT2D eigenvalue weighted by Gasteiger charge is -2.30. The molecule has 0 amide bonds. The van der Waals surface area contributed by atoms with Crippen molar-refractivity contribution < 1.29 is 4.74 Å². The van der Waals surface area contributed by atoms with Crippen molar-refractivity contribution in [3.63, 3.8) is 0 Å². The molecule has 1 heterocycles. The quantitative estimate of drug-likeness (QED) is 0.576. The number of rotatable bonds is 7. The predicted molar refractivity (Wildman–Crippen MR) is 99.1 cm³/mol. The van der Waals surface area contributed by atoms with E-state index in [4.69, 9.17) is 9.73 Å². The average Bonchev–Trinajstić information content (AvgIpc) is 2.96. The lowest BCUT2D eigenvalue weighted by atomic mass is 9.89. The van der Waals surface area contributed by atoms with Crippen molar-refractivity contribution in [3.05, 3.63) is 0 Å². The van der Waals surface area contributed by atoms with Gasteiger partial charge in [0.25, 0.3) is 0 Å². The minimum atomic E-state index is 0.102. The van der Waals surface area contributed by atoms with Crippen LogP contribution in [0.3, 0.4) is 0 Å². The Balaban J connectivity index is 2.73. The predicted octanol–water partition coefficient (Wildman–Crippen LogP) is 2.43. The molecular formula is C18H38N4O. The monoisotopic (exact) mass is 326 g/mol. The number of hydrogen-bond acceptors (Lipinski definition) is 3. The van der Waals surface area contributed by atoms with Crippen molar-refractivity contribution in [1.82, 2.24) is 15.1 Å². The van der Waals surface area contributed by atoms with Gasteiger partial charge in [0, 0.05) is 32.8 Å². The molecule has 1 fully saturated rings. The van der Waals surface area contributed by atoms with Crippen molar-refractivity contribution in [2.45, 2.75) is 60.1 Å². The van der Waals surface area contributed by atoms with E-state index in [-0.39, 0.29) is 11.5 Å². The van der Waals surface area contributed by atoms with Crippen molar-refractivity contribution in [3.8, 4) is 0 Å². The first kappa shape index (κ1) is 20.2. The summed E-state index contributed by atoms with van der Waals surface area (Å²) in [5.41, 5.74) is 0.102. The Morgan fingerprint density at radius 1 is 1.30 bits per heavy atom. The van der Waals surface area contributed by atoms with Gasteiger partial charge in [-0.05, 0) is 31.8 Å². The van der Waals surface area contributed by atoms with E-state index >= 15 is 0 Å². The van der Waals surface area contributed by atoms with Crippen LogP contribution in [-0.4, -0.2) is 74.3 Å². The van der Waals surface area contributed by atoms with Gasteiger partial charge < -0.3 is 15.0 Å². The van der Waals surface area contributed by atoms with E-state index < -0.39 is 0 Å². The van der Waals surface area contributed by atoms with E-state index in [1.54, 1.807) is 7.11 Å². The number of hydrogen-bond donors (Lipinski definition) is 1. The van der Waals surface area contributed by atoms with Crippen LogP contribution in [0.15, 0.2) is 4.99 Å². The standard InChI is InChI=1S/C18H38N4O/c1-8-19-17(20-13-16(23-7)18(4,5)6)22-12-11-15(14-22)21(9-2)10-3/h15-16H,8-14H2,1-7H3,(H,19,20). The lowest BCUT2D eigenvalue weighted by Crippen LogP contribution is -2.44. The lowest BCUT2D eigenvalue weighted by molar-refractivity contribution is 0.0240. The van der Waals surface area contributed by atoms with Gasteiger partial charge in [-0.25, -0.2) is 0 Å². The van der Waals surface area contributed by atoms with Crippen LogP contribution in [0, 0.1) is 5.41 Å². The molecule has 2 unspecified atom stereocenters. The second kappa shape index (κ2) is 9.48. The van der Waals surface area contributed by atoms with Crippen LogP contribution >= 0.6 is 0 Å². The fraction of sp³-hybridized carbons (Fsp3) is 0.944. The molecule has 1 rings (SSSR count). The normalized spacial score (nSPS) is 21.1. The molecule has 0 aromatic heterocycles. The number of nitrogens with zero attached hydrogens (tertiary/aromatic N) is 3. The molecule has 0 aliphatic carbocycles. The highest BCUT2D eigenvalue weighted by atomic mass is 16.5. The van der Waals surface area contributed by atoms with Gasteiger partial charge >= 0.3 is 0 Å². The minimum absolute atomic E-state index is 0.102. The molecule has 136 valence electrons. The molecule has 0 radical (unpaired) electrons. The van der Waals surface area contributed by atoms with Gasteiger partial charge in [0.1, 0.15) is 0 Å². The van der Waals surface area contributed by atoms with E-state index in [1.807, 2.05) is 0 Å². The Morgan fingerprint density at radius 2 is 1.96 bits per heavy atom. The Bertz CT molecular complexity index is 361. The van der Waals surface area contributed by atoms with Crippen molar-refractivity contribution >= 4 is 5.96 Å². The maximum atomic E-state index is 5.64. The van der Waals surface area contributed by atoms with E-state index in [2.05, 4.69) is 56.7 Å². The molecule has 0 aromatic carbocycles. The Labute approximate surface area is 143 Å². The first-order chi connectivity index (χ1) is 10.9. The number of nitrogens with one attached hydrogen (secondary N) is 1. The van der Waals surface area contributed by atoms with Crippen LogP contribution in [-0.2, 0) is 4.74 Å². The molecule has 5 nitrogen and oxygen atoms in total. The summed E-state index contributed by atoms with van der Waals surface area (Å²) < 4.78 is 5.64. The topological polar surface area (TPSA) is 40.1 Å². The maximum absolute atomic E-state index is 5.64. The smallest absolute Gasteiger partial charge is 0.194 e. The number of methoxy groups -OCH3 is 1. The summed E-state index contributed by atoms with van der Waals surface area (Å²) in [4.78, 5) is 9.82. The second-order valence-corrected chi connectivity index (χ2v) is 7.39. The molecular weight excluding hydrogens is 288 g/mol. The summed E-state index contributed by atoms with van der Waals surface area (Å²) >= 11 is 0. The zero-order valence-corrected chi connectivity index (χ0v) is 16.4. The summed E-state index contributed by atoms with van der Waals surface area (Å²) in [7, 11) is 1.78. The first-order valence-corrected chi connectivity index (χ1v) is 9.17. The van der Waals surface area contributed by atoms with Crippen molar-refractivity contribution in [1.29, 1.82) is 0 Å². The highest BCUT2D eigenvalue weighted by molar-refractivity contribution is 5.80. The molecule has 1 aliphatic rings. The van der Waals surface area contributed by atoms with Gasteiger partial charge in [-0.15, -0.1) is 0 Å². The Morgan fingerprint density at radius 3 is 2.43 bits per heavy atom. The molecule has 1 N–H and O–H groups in total. The third-order valence-corrected chi connectivity index (χ3v) is 4.78. The average molecular weight is 327 g/mol. The first-order valence-electron chi connectivity index (χ1n) is 9.17. The van der Waals surface area contributed by atoms with Gasteiger partial charge in [0.05, 0.1) is 12.6 Å². The van der Waals surface area contributed by atoms with Crippen LogP contribution < -0.4 is 5.32 Å². The van der Waals surface area contributed by atoms with Crippen LogP contribution in [0.1, 0.15) is 48.0 Å². The molecule has 0 bridgehead atoms. The minimum Gasteiger partial charge on any atom is -0.379 e. The number of likely N-dealkylation sites (N-methyl/N-ethyl adjacent to an activating group) is 1. The largest absolute Gasteiger partial charge is 0.379 e. The van der Waals surface area contributed by atoms with Crippen LogP contribution in [0.5, 0.6) is 0 Å². The number of guanidine groups is 1. The second-order valence-electron chi connectivity index (χ2n) is 7.39. The third kappa shape index (κ3) is 5.96. The number of ether oxygens (including phenoxy) is 1. The summed E-state index contributed by atoms with van der Waals surface area (Å²) in [5.74, 6) is 1.04. The molecule has 23 heavy (non-hydrogen) atoms. The number of aliphatic imine (C=N–C) groups is 1. The summed E-state index contributed by atoms with van der Waals surface area (Å²) in [6, 6.07) is 0.648. The fourth-order valence-electron chi connectivity index (χ4n) is 3.27. The van der Waals surface area contributed by atoms with Crippen LogP contribution in [0.2, 0.25) is 0 Å². The van der Waals surface area contributed by atoms with E-state index in [0.29, 0.717) is 12.6 Å². The summed E-state index contributed by atoms with van der Waals surface area (Å²) in [5, 5.41) is 3.45. The molecule has 0 aromatic rings. The van der Waals surface area contributed by atoms with Gasteiger partial charge in [0.15, 0.2) is 5.96 Å². The summed E-state index contributed by atoms with van der Waals surface area (Å²) in [6.07, 6.45) is 1.36. The van der Waals surface area contributed by atoms with Gasteiger partial charge in [0.2, 0.25) is 0 Å². The highest BCUT2D eigenvalue weighted by Gasteiger charge is 2.29. The van der Waals surface area contributed by atoms with E-state index in [0.717, 1.165) is 38.7 Å². The highest BCUT2D eigenvalue weighted by Crippen LogP contribution is 2.22. The zero-order valence-electron chi connectivity index (χ0n) is 16.4. The zero-order chi connectivity index (χ0) is 17.5. The van der Waals surface area contributed by atoms with Crippen LogP contribution in [0.25, 0.3) is 0 Å². The maximum Gasteiger partial charge on any atom is 0.194 e. The van der Waals surface area contributed by atoms with Gasteiger partial charge in [-0.3, -0.25) is 9.89 Å². The van der Waals surface area contributed by atoms with Crippen molar-refractivity contribution in [2.24, 2.45) is 10.4 Å². The van der Waals surface area contributed by atoms with Crippen LogP contribution in [0.4, 0.5) is 0 Å². The molecule has 5 heteroatoms. The van der Waals surface area contributed by atoms with Gasteiger partial charge in [-0.2, -0.15) is 0 Å². The molecule has 1 saturated heterocycles. The Kier molecular flexibility index (Phi) is 8.34. The fourth-order valence-corrected chi connectivity index (χ4v) is 3.27. The Hall–Kier alpha value is -0.810. The number of likely N-dealkylation sites (tertiary alicyclic amines) is 1. The molecule has 2 atom stereocenters. The summed E-state index contributed by atoms with van der Waals surface area (Å²) in [6.45, 7) is 19.2. The SMILES string of the molecule is CCNC(=NCC(OC)C(C)(C)C)N1CCC(N(CC)CC)C1. The molecule has 0 spiro atoms.